The van der Waals surface area contributed by atoms with Crippen molar-refractivity contribution in [3.05, 3.63) is 0 Å². The van der Waals surface area contributed by atoms with Crippen molar-refractivity contribution in [2.75, 3.05) is 6.54 Å². The Morgan fingerprint density at radius 3 is 3.00 bits per heavy atom. The van der Waals surface area contributed by atoms with E-state index in [0.29, 0.717) is 0 Å². The van der Waals surface area contributed by atoms with E-state index in [1.807, 2.05) is 0 Å². The Morgan fingerprint density at radius 1 is 1.67 bits per heavy atom. The zero-order chi connectivity index (χ0) is 6.95. The highest BCUT2D eigenvalue weighted by atomic mass is 15.4. The van der Waals surface area contributed by atoms with Crippen LogP contribution < -0.4 is 5.43 Å². The van der Waals surface area contributed by atoms with Crippen LogP contribution in [0.3, 0.4) is 0 Å². The molecule has 0 aromatic carbocycles. The van der Waals surface area contributed by atoms with Crippen LogP contribution in [-0.2, 0) is 0 Å². The van der Waals surface area contributed by atoms with Crippen LogP contribution in [0.5, 0.6) is 0 Å². The minimum atomic E-state index is 0.747. The fourth-order valence-corrected chi connectivity index (χ4v) is 0.349. The molecule has 4 nitrogen and oxygen atoms in total. The molecule has 0 aliphatic rings. The number of hydrogen-bond donors (Lipinski definition) is 2. The molecule has 0 atom stereocenters. The van der Waals surface area contributed by atoms with Crippen LogP contribution >= 0.6 is 0 Å². The Bertz CT molecular complexity index is 89.0. The van der Waals surface area contributed by atoms with Gasteiger partial charge < -0.3 is 0 Å². The number of nitrogens with zero attached hydrogens (tertiary/aromatic N) is 2. The van der Waals surface area contributed by atoms with Gasteiger partial charge in [0, 0.05) is 0 Å². The van der Waals surface area contributed by atoms with Gasteiger partial charge >= 0.3 is 0 Å². The van der Waals surface area contributed by atoms with Crippen molar-refractivity contribution in [3.8, 4) is 0 Å². The van der Waals surface area contributed by atoms with Crippen molar-refractivity contribution in [2.45, 2.75) is 19.8 Å². The van der Waals surface area contributed by atoms with Crippen LogP contribution in [0, 0.1) is 5.41 Å². The van der Waals surface area contributed by atoms with E-state index in [-0.39, 0.29) is 0 Å². The van der Waals surface area contributed by atoms with Gasteiger partial charge in [-0.15, -0.1) is 0 Å². The summed E-state index contributed by atoms with van der Waals surface area (Å²) in [6.45, 7) is 2.84. The predicted octanol–water partition coefficient (Wildman–Crippen LogP) is 1.35. The molecule has 0 saturated heterocycles. The molecular formula is C5H12N4. The van der Waals surface area contributed by atoms with Gasteiger partial charge in [0.2, 0.25) is 0 Å². The van der Waals surface area contributed by atoms with Crippen molar-refractivity contribution in [3.63, 3.8) is 0 Å². The summed E-state index contributed by atoms with van der Waals surface area (Å²) in [7, 11) is 0. The maximum Gasteiger partial charge on any atom is 0.102 e. The van der Waals surface area contributed by atoms with Gasteiger partial charge in [-0.1, -0.05) is 18.6 Å². The molecule has 0 unspecified atom stereocenters. The van der Waals surface area contributed by atoms with Crippen LogP contribution in [0.25, 0.3) is 0 Å². The highest BCUT2D eigenvalue weighted by molar-refractivity contribution is 5.48. The third-order valence-corrected chi connectivity index (χ3v) is 0.805. The van der Waals surface area contributed by atoms with Crippen molar-refractivity contribution in [1.82, 2.24) is 5.43 Å². The molecule has 0 fully saturated rings. The quantitative estimate of drug-likeness (QED) is 0.190. The van der Waals surface area contributed by atoms with Gasteiger partial charge in [-0.3, -0.25) is 10.8 Å². The second-order valence-corrected chi connectivity index (χ2v) is 1.59. The molecule has 0 radical (unpaired) electrons. The molecule has 0 amide bonds. The largest absolute Gasteiger partial charge is 0.290 e. The standard InChI is InChI=1S/C5H12N4/c1-2-3-4-7-9-8-5-6/h5H,2-4H2,1H3,(H2,6,7,8). The average molecular weight is 128 g/mol. The summed E-state index contributed by atoms with van der Waals surface area (Å²) in [5.41, 5.74) is 2.31. The summed E-state index contributed by atoms with van der Waals surface area (Å²) < 4.78 is 0. The maximum absolute atomic E-state index is 6.49. The highest BCUT2D eigenvalue weighted by Crippen LogP contribution is 1.85. The van der Waals surface area contributed by atoms with E-state index in [9.17, 15) is 0 Å². The topological polar surface area (TPSA) is 60.6 Å². The summed E-state index contributed by atoms with van der Waals surface area (Å²) in [6, 6.07) is 0. The van der Waals surface area contributed by atoms with Gasteiger partial charge in [-0.2, -0.15) is 5.11 Å². The normalized spacial score (nSPS) is 9.89. The van der Waals surface area contributed by atoms with E-state index < -0.39 is 0 Å². The first kappa shape index (κ1) is 8.07. The fraction of sp³-hybridized carbons (Fsp3) is 0.800. The van der Waals surface area contributed by atoms with E-state index in [0.717, 1.165) is 25.7 Å². The maximum atomic E-state index is 6.49. The summed E-state index contributed by atoms with van der Waals surface area (Å²) in [6.07, 6.45) is 3.18. The third kappa shape index (κ3) is 7.07. The van der Waals surface area contributed by atoms with Crippen molar-refractivity contribution >= 4 is 6.34 Å². The SMILES string of the molecule is CCCCN=NNC=N. The lowest BCUT2D eigenvalue weighted by atomic mass is 10.3. The molecule has 0 saturated carbocycles. The first-order valence-corrected chi connectivity index (χ1v) is 3.02. The zero-order valence-corrected chi connectivity index (χ0v) is 5.59. The Hall–Kier alpha value is -0.930. The summed E-state index contributed by atoms with van der Waals surface area (Å²) >= 11 is 0. The van der Waals surface area contributed by atoms with Gasteiger partial charge in [0.15, 0.2) is 0 Å². The van der Waals surface area contributed by atoms with E-state index in [2.05, 4.69) is 22.7 Å². The van der Waals surface area contributed by atoms with Crippen LogP contribution in [0.4, 0.5) is 0 Å². The Kier molecular flexibility index (Phi) is 6.34. The van der Waals surface area contributed by atoms with Crippen molar-refractivity contribution in [2.24, 2.45) is 10.3 Å². The minimum absolute atomic E-state index is 0.747. The molecule has 0 aliphatic carbocycles. The molecular weight excluding hydrogens is 116 g/mol. The van der Waals surface area contributed by atoms with E-state index in [4.69, 9.17) is 5.41 Å². The Balaban J connectivity index is 2.94. The van der Waals surface area contributed by atoms with Gasteiger partial charge in [0.1, 0.15) is 6.34 Å². The van der Waals surface area contributed by atoms with Gasteiger partial charge in [-0.05, 0) is 6.42 Å². The Morgan fingerprint density at radius 2 is 2.44 bits per heavy atom. The Labute approximate surface area is 54.9 Å². The second kappa shape index (κ2) is 7.07. The summed E-state index contributed by atoms with van der Waals surface area (Å²) in [5.74, 6) is 0. The predicted molar refractivity (Wildman–Crippen MR) is 36.6 cm³/mol. The van der Waals surface area contributed by atoms with Crippen LogP contribution in [-0.4, -0.2) is 12.9 Å². The molecule has 0 aromatic heterocycles. The van der Waals surface area contributed by atoms with Gasteiger partial charge in [0.05, 0.1) is 6.54 Å². The van der Waals surface area contributed by atoms with E-state index in [1.54, 1.807) is 0 Å². The number of rotatable bonds is 5. The second-order valence-electron chi connectivity index (χ2n) is 1.59. The molecule has 0 bridgehead atoms. The van der Waals surface area contributed by atoms with Crippen LogP contribution in [0.2, 0.25) is 0 Å². The van der Waals surface area contributed by atoms with Crippen molar-refractivity contribution in [1.29, 1.82) is 5.41 Å². The van der Waals surface area contributed by atoms with Crippen molar-refractivity contribution < 1.29 is 0 Å². The van der Waals surface area contributed by atoms with Gasteiger partial charge in [0.25, 0.3) is 0 Å². The molecule has 0 spiro atoms. The highest BCUT2D eigenvalue weighted by Gasteiger charge is 1.76. The smallest absolute Gasteiger partial charge is 0.102 e. The van der Waals surface area contributed by atoms with E-state index >= 15 is 0 Å². The molecule has 0 aromatic rings. The van der Waals surface area contributed by atoms with Gasteiger partial charge in [-0.25, -0.2) is 0 Å². The summed E-state index contributed by atoms with van der Waals surface area (Å²) in [4.78, 5) is 0. The minimum Gasteiger partial charge on any atom is -0.290 e. The number of hydrogen-bond acceptors (Lipinski definition) is 3. The molecule has 9 heavy (non-hydrogen) atoms. The van der Waals surface area contributed by atoms with Crippen LogP contribution in [0.15, 0.2) is 10.3 Å². The lowest BCUT2D eigenvalue weighted by molar-refractivity contribution is 0.744. The molecule has 0 heterocycles. The third-order valence-electron chi connectivity index (χ3n) is 0.805. The molecule has 2 N–H and O–H groups in total. The number of unbranched alkanes of at least 4 members (excludes halogenated alkanes) is 1. The number of nitrogens with one attached hydrogen (secondary N) is 2. The first-order chi connectivity index (χ1) is 4.41. The lowest BCUT2D eigenvalue weighted by Crippen LogP contribution is -1.97. The zero-order valence-electron chi connectivity index (χ0n) is 5.59. The van der Waals surface area contributed by atoms with E-state index in [1.165, 1.54) is 0 Å². The fourth-order valence-electron chi connectivity index (χ4n) is 0.349. The van der Waals surface area contributed by atoms with Crippen LogP contribution in [0.1, 0.15) is 19.8 Å². The molecule has 0 rings (SSSR count). The monoisotopic (exact) mass is 128 g/mol. The molecule has 0 aliphatic heterocycles. The molecule has 52 valence electrons. The lowest BCUT2D eigenvalue weighted by Gasteiger charge is -1.86. The first-order valence-electron chi connectivity index (χ1n) is 3.02. The summed E-state index contributed by atoms with van der Waals surface area (Å²) in [5, 5.41) is 13.7. The molecule has 4 heteroatoms. The average Bonchev–Trinajstić information content (AvgIpc) is 1.89.